The Balaban J connectivity index is 1.63. The van der Waals surface area contributed by atoms with Gasteiger partial charge in [0.05, 0.1) is 0 Å². The molecule has 0 radical (unpaired) electrons. The number of pyridine rings is 1. The van der Waals surface area contributed by atoms with Crippen molar-refractivity contribution < 1.29 is 9.53 Å². The highest BCUT2D eigenvalue weighted by molar-refractivity contribution is 5.94. The van der Waals surface area contributed by atoms with Gasteiger partial charge < -0.3 is 14.5 Å². The summed E-state index contributed by atoms with van der Waals surface area (Å²) < 4.78 is 5.81. The maximum absolute atomic E-state index is 12.8. The van der Waals surface area contributed by atoms with Crippen molar-refractivity contribution in [1.29, 1.82) is 0 Å². The Morgan fingerprint density at radius 2 is 2.08 bits per heavy atom. The minimum absolute atomic E-state index is 0.0878. The van der Waals surface area contributed by atoms with Gasteiger partial charge in [-0.2, -0.15) is 0 Å². The second kappa shape index (κ2) is 8.62. The van der Waals surface area contributed by atoms with Crippen molar-refractivity contribution in [1.82, 2.24) is 14.8 Å². The molecule has 132 valence electrons. The summed E-state index contributed by atoms with van der Waals surface area (Å²) in [5.41, 5.74) is 1.69. The maximum atomic E-state index is 12.8. The van der Waals surface area contributed by atoms with E-state index in [9.17, 15) is 4.79 Å². The molecule has 3 rings (SSSR count). The molecule has 5 nitrogen and oxygen atoms in total. The second-order valence-corrected chi connectivity index (χ2v) is 6.26. The van der Waals surface area contributed by atoms with Crippen molar-refractivity contribution in [3.8, 4) is 5.75 Å². The molecule has 0 spiro atoms. The molecule has 1 aliphatic rings. The molecule has 0 N–H and O–H groups in total. The van der Waals surface area contributed by atoms with Crippen LogP contribution in [0.2, 0.25) is 0 Å². The van der Waals surface area contributed by atoms with Gasteiger partial charge in [0.15, 0.2) is 0 Å². The number of ether oxygens (including phenoxy) is 1. The minimum Gasteiger partial charge on any atom is -0.489 e. The Labute approximate surface area is 149 Å². The zero-order valence-electron chi connectivity index (χ0n) is 14.7. The van der Waals surface area contributed by atoms with Crippen molar-refractivity contribution in [2.75, 3.05) is 32.7 Å². The van der Waals surface area contributed by atoms with Crippen LogP contribution in [0.25, 0.3) is 0 Å². The highest BCUT2D eigenvalue weighted by Gasteiger charge is 2.19. The van der Waals surface area contributed by atoms with Gasteiger partial charge in [-0.25, -0.2) is 0 Å². The molecule has 0 atom stereocenters. The molecule has 0 saturated carbocycles. The van der Waals surface area contributed by atoms with Crippen LogP contribution in [0.5, 0.6) is 5.75 Å². The number of nitrogens with zero attached hydrogens (tertiary/aromatic N) is 3. The van der Waals surface area contributed by atoms with Crippen LogP contribution in [0, 0.1) is 0 Å². The van der Waals surface area contributed by atoms with Crippen LogP contribution < -0.4 is 4.74 Å². The van der Waals surface area contributed by atoms with Gasteiger partial charge in [-0.15, -0.1) is 0 Å². The third-order valence-corrected chi connectivity index (χ3v) is 4.53. The number of likely N-dealkylation sites (N-methyl/N-ethyl adjacent to an activating group) is 1. The van der Waals surface area contributed by atoms with Gasteiger partial charge in [-0.1, -0.05) is 19.1 Å². The third kappa shape index (κ3) is 4.79. The Hall–Kier alpha value is -2.40. The zero-order chi connectivity index (χ0) is 17.5. The van der Waals surface area contributed by atoms with E-state index in [4.69, 9.17) is 4.74 Å². The van der Waals surface area contributed by atoms with Crippen LogP contribution in [0.3, 0.4) is 0 Å². The fraction of sp³-hybridized carbons (Fsp3) is 0.400. The van der Waals surface area contributed by atoms with Gasteiger partial charge in [0.2, 0.25) is 0 Å². The Kier molecular flexibility index (Phi) is 6.01. The van der Waals surface area contributed by atoms with Crippen LogP contribution in [-0.4, -0.2) is 53.4 Å². The number of hydrogen-bond donors (Lipinski definition) is 0. The minimum atomic E-state index is 0.0878. The number of amides is 1. The molecule has 1 aromatic heterocycles. The molecule has 1 fully saturated rings. The molecule has 1 aromatic carbocycles. The van der Waals surface area contributed by atoms with Crippen molar-refractivity contribution >= 4 is 5.91 Å². The highest BCUT2D eigenvalue weighted by Crippen LogP contribution is 2.17. The lowest BCUT2D eigenvalue weighted by Crippen LogP contribution is -2.35. The average molecular weight is 339 g/mol. The summed E-state index contributed by atoms with van der Waals surface area (Å²) in [4.78, 5) is 21.2. The van der Waals surface area contributed by atoms with E-state index in [1.54, 1.807) is 12.4 Å². The van der Waals surface area contributed by atoms with Gasteiger partial charge in [0, 0.05) is 43.2 Å². The Morgan fingerprint density at radius 3 is 2.88 bits per heavy atom. The predicted octanol–water partition coefficient (Wildman–Crippen LogP) is 2.83. The van der Waals surface area contributed by atoms with E-state index in [0.29, 0.717) is 17.9 Å². The fourth-order valence-electron chi connectivity index (χ4n) is 3.04. The van der Waals surface area contributed by atoms with E-state index < -0.39 is 0 Å². The lowest BCUT2D eigenvalue weighted by molar-refractivity contribution is 0.0761. The molecular weight excluding hydrogens is 314 g/mol. The van der Waals surface area contributed by atoms with Gasteiger partial charge >= 0.3 is 0 Å². The van der Waals surface area contributed by atoms with Crippen molar-refractivity contribution in [2.24, 2.45) is 0 Å². The Bertz CT molecular complexity index is 690. The number of carbonyl (C=O) groups excluding carboxylic acids is 1. The predicted molar refractivity (Wildman–Crippen MR) is 97.6 cm³/mol. The first-order valence-corrected chi connectivity index (χ1v) is 8.89. The second-order valence-electron chi connectivity index (χ2n) is 6.26. The number of benzene rings is 1. The summed E-state index contributed by atoms with van der Waals surface area (Å²) in [5, 5.41) is 0. The SMILES string of the molecule is CCN1CCCN(C(=O)c2cccc(OCc3cccnc3)c2)CC1. The third-order valence-electron chi connectivity index (χ3n) is 4.53. The van der Waals surface area contributed by atoms with E-state index in [0.717, 1.165) is 44.7 Å². The van der Waals surface area contributed by atoms with Gasteiger partial charge in [-0.05, 0) is 43.8 Å². The van der Waals surface area contributed by atoms with E-state index in [1.165, 1.54) is 0 Å². The Morgan fingerprint density at radius 1 is 1.16 bits per heavy atom. The zero-order valence-corrected chi connectivity index (χ0v) is 14.7. The number of hydrogen-bond acceptors (Lipinski definition) is 4. The number of carbonyl (C=O) groups is 1. The van der Waals surface area contributed by atoms with E-state index >= 15 is 0 Å². The van der Waals surface area contributed by atoms with Crippen LogP contribution in [0.4, 0.5) is 0 Å². The molecule has 25 heavy (non-hydrogen) atoms. The smallest absolute Gasteiger partial charge is 0.254 e. The van der Waals surface area contributed by atoms with Crippen molar-refractivity contribution in [3.63, 3.8) is 0 Å². The average Bonchev–Trinajstić information content (AvgIpc) is 2.92. The number of rotatable bonds is 5. The van der Waals surface area contributed by atoms with Crippen molar-refractivity contribution in [3.05, 3.63) is 59.9 Å². The summed E-state index contributed by atoms with van der Waals surface area (Å²) >= 11 is 0. The highest BCUT2D eigenvalue weighted by atomic mass is 16.5. The molecule has 1 saturated heterocycles. The summed E-state index contributed by atoms with van der Waals surface area (Å²) in [6, 6.07) is 11.3. The largest absolute Gasteiger partial charge is 0.489 e. The van der Waals surface area contributed by atoms with Crippen LogP contribution in [0.15, 0.2) is 48.8 Å². The normalized spacial score (nSPS) is 15.6. The molecular formula is C20H25N3O2. The van der Waals surface area contributed by atoms with Gasteiger partial charge in [0.1, 0.15) is 12.4 Å². The van der Waals surface area contributed by atoms with E-state index in [-0.39, 0.29) is 5.91 Å². The van der Waals surface area contributed by atoms with E-state index in [1.807, 2.05) is 41.3 Å². The lowest BCUT2D eigenvalue weighted by atomic mass is 10.2. The summed E-state index contributed by atoms with van der Waals surface area (Å²) in [5.74, 6) is 0.796. The summed E-state index contributed by atoms with van der Waals surface area (Å²) in [6.45, 7) is 7.26. The van der Waals surface area contributed by atoms with Gasteiger partial charge in [0.25, 0.3) is 5.91 Å². The molecule has 0 bridgehead atoms. The van der Waals surface area contributed by atoms with Crippen LogP contribution in [-0.2, 0) is 6.61 Å². The summed E-state index contributed by atoms with van der Waals surface area (Å²) in [6.07, 6.45) is 4.55. The quantitative estimate of drug-likeness (QED) is 0.840. The van der Waals surface area contributed by atoms with E-state index in [2.05, 4.69) is 16.8 Å². The first-order valence-electron chi connectivity index (χ1n) is 8.89. The van der Waals surface area contributed by atoms with Crippen molar-refractivity contribution in [2.45, 2.75) is 20.0 Å². The molecule has 5 heteroatoms. The molecule has 2 aromatic rings. The molecule has 1 amide bonds. The van der Waals surface area contributed by atoms with Crippen LogP contribution >= 0.6 is 0 Å². The molecule has 0 unspecified atom stereocenters. The molecule has 2 heterocycles. The molecule has 1 aliphatic heterocycles. The first-order chi connectivity index (χ1) is 12.3. The first kappa shape index (κ1) is 17.4. The topological polar surface area (TPSA) is 45.7 Å². The van der Waals surface area contributed by atoms with Crippen LogP contribution in [0.1, 0.15) is 29.3 Å². The monoisotopic (exact) mass is 339 g/mol. The standard InChI is InChI=1S/C20H25N3O2/c1-2-22-10-5-11-23(13-12-22)20(24)18-7-3-8-19(14-18)25-16-17-6-4-9-21-15-17/h3-4,6-9,14-15H,2,5,10-13,16H2,1H3. The lowest BCUT2D eigenvalue weighted by Gasteiger charge is -2.21. The fourth-order valence-corrected chi connectivity index (χ4v) is 3.04. The number of aromatic nitrogens is 1. The maximum Gasteiger partial charge on any atom is 0.254 e. The van der Waals surface area contributed by atoms with Gasteiger partial charge in [-0.3, -0.25) is 9.78 Å². The summed E-state index contributed by atoms with van der Waals surface area (Å²) in [7, 11) is 0. The molecule has 0 aliphatic carbocycles.